The number of nitro benzene ring substituents is 1. The van der Waals surface area contributed by atoms with Gasteiger partial charge in [0.25, 0.3) is 5.69 Å². The van der Waals surface area contributed by atoms with E-state index in [-0.39, 0.29) is 11.7 Å². The monoisotopic (exact) mass is 334 g/mol. The van der Waals surface area contributed by atoms with Crippen molar-refractivity contribution in [1.82, 2.24) is 4.57 Å². The van der Waals surface area contributed by atoms with Gasteiger partial charge in [0, 0.05) is 34.2 Å². The van der Waals surface area contributed by atoms with Crippen molar-refractivity contribution in [1.29, 1.82) is 0 Å². The van der Waals surface area contributed by atoms with E-state index in [1.807, 2.05) is 14.0 Å². The van der Waals surface area contributed by atoms with Gasteiger partial charge in [0.05, 0.1) is 11.5 Å². The molecule has 0 spiro atoms. The highest BCUT2D eigenvalue weighted by atomic mass is 32.2. The van der Waals surface area contributed by atoms with Gasteiger partial charge in [0.15, 0.2) is 0 Å². The SMILES string of the molecule is CCOC(=O)c1cc(Sc2ccc([N+](=O)[O-])c(C)c2)c(C)n1C. The average molecular weight is 334 g/mol. The number of hydrogen-bond donors (Lipinski definition) is 0. The van der Waals surface area contributed by atoms with Crippen LogP contribution in [0.1, 0.15) is 28.7 Å². The zero-order valence-electron chi connectivity index (χ0n) is 13.5. The van der Waals surface area contributed by atoms with Crippen LogP contribution >= 0.6 is 11.8 Å². The summed E-state index contributed by atoms with van der Waals surface area (Å²) in [5.41, 5.74) is 2.14. The summed E-state index contributed by atoms with van der Waals surface area (Å²) in [7, 11) is 1.81. The van der Waals surface area contributed by atoms with Crippen LogP contribution in [-0.2, 0) is 11.8 Å². The third-order valence-electron chi connectivity index (χ3n) is 3.57. The number of benzene rings is 1. The molecular formula is C16H18N2O4S. The van der Waals surface area contributed by atoms with Gasteiger partial charge >= 0.3 is 5.97 Å². The van der Waals surface area contributed by atoms with Gasteiger partial charge < -0.3 is 9.30 Å². The third kappa shape index (κ3) is 3.56. The molecule has 1 aromatic heterocycles. The summed E-state index contributed by atoms with van der Waals surface area (Å²) >= 11 is 1.47. The zero-order chi connectivity index (χ0) is 17.1. The molecule has 0 aliphatic carbocycles. The summed E-state index contributed by atoms with van der Waals surface area (Å²) in [5.74, 6) is -0.357. The number of esters is 1. The summed E-state index contributed by atoms with van der Waals surface area (Å²) in [6.45, 7) is 5.73. The number of nitro groups is 1. The van der Waals surface area contributed by atoms with Crippen molar-refractivity contribution < 1.29 is 14.5 Å². The lowest BCUT2D eigenvalue weighted by Crippen LogP contribution is -2.10. The van der Waals surface area contributed by atoms with Crippen molar-refractivity contribution in [2.75, 3.05) is 6.61 Å². The molecule has 23 heavy (non-hydrogen) atoms. The minimum absolute atomic E-state index is 0.103. The molecule has 0 radical (unpaired) electrons. The molecule has 1 aromatic carbocycles. The Balaban J connectivity index is 2.30. The van der Waals surface area contributed by atoms with Gasteiger partial charge in [-0.25, -0.2) is 4.79 Å². The molecule has 0 aliphatic heterocycles. The van der Waals surface area contributed by atoms with Gasteiger partial charge in [-0.3, -0.25) is 10.1 Å². The molecule has 0 amide bonds. The molecule has 0 saturated carbocycles. The standard InChI is InChI=1S/C16H18N2O4S/c1-5-22-16(19)14-9-15(11(3)17(14)4)23-12-6-7-13(18(20)21)10(2)8-12/h6-9H,5H2,1-4H3. The minimum Gasteiger partial charge on any atom is -0.461 e. The smallest absolute Gasteiger partial charge is 0.354 e. The van der Waals surface area contributed by atoms with E-state index in [1.54, 1.807) is 36.6 Å². The molecule has 2 aromatic rings. The topological polar surface area (TPSA) is 74.4 Å². The van der Waals surface area contributed by atoms with Crippen LogP contribution in [0.4, 0.5) is 5.69 Å². The van der Waals surface area contributed by atoms with Crippen molar-refractivity contribution in [2.45, 2.75) is 30.6 Å². The number of aryl methyl sites for hydroxylation is 1. The van der Waals surface area contributed by atoms with Crippen LogP contribution in [0.5, 0.6) is 0 Å². The van der Waals surface area contributed by atoms with Gasteiger partial charge in [-0.15, -0.1) is 0 Å². The number of carbonyl (C=O) groups is 1. The van der Waals surface area contributed by atoms with Gasteiger partial charge in [0.2, 0.25) is 0 Å². The highest BCUT2D eigenvalue weighted by Gasteiger charge is 2.18. The van der Waals surface area contributed by atoms with E-state index in [2.05, 4.69) is 0 Å². The van der Waals surface area contributed by atoms with E-state index < -0.39 is 4.92 Å². The van der Waals surface area contributed by atoms with Gasteiger partial charge in [0.1, 0.15) is 5.69 Å². The Morgan fingerprint density at radius 3 is 2.61 bits per heavy atom. The molecule has 122 valence electrons. The van der Waals surface area contributed by atoms with Crippen molar-refractivity contribution in [3.8, 4) is 0 Å². The van der Waals surface area contributed by atoms with Crippen LogP contribution in [-0.4, -0.2) is 22.1 Å². The number of nitrogens with zero attached hydrogens (tertiary/aromatic N) is 2. The Morgan fingerprint density at radius 1 is 1.35 bits per heavy atom. The Morgan fingerprint density at radius 2 is 2.04 bits per heavy atom. The molecule has 7 heteroatoms. The maximum Gasteiger partial charge on any atom is 0.354 e. The summed E-state index contributed by atoms with van der Waals surface area (Å²) < 4.78 is 6.83. The van der Waals surface area contributed by atoms with E-state index in [0.29, 0.717) is 17.9 Å². The first kappa shape index (κ1) is 17.1. The second-order valence-corrected chi connectivity index (χ2v) is 6.18. The first-order valence-corrected chi connectivity index (χ1v) is 7.93. The fourth-order valence-corrected chi connectivity index (χ4v) is 3.28. The molecule has 0 unspecified atom stereocenters. The third-order valence-corrected chi connectivity index (χ3v) is 4.69. The maximum atomic E-state index is 11.9. The average Bonchev–Trinajstić information content (AvgIpc) is 2.76. The lowest BCUT2D eigenvalue weighted by molar-refractivity contribution is -0.385. The molecule has 0 aliphatic rings. The van der Waals surface area contributed by atoms with E-state index in [9.17, 15) is 14.9 Å². The summed E-state index contributed by atoms with van der Waals surface area (Å²) in [5, 5.41) is 10.9. The Labute approximate surface area is 138 Å². The number of rotatable bonds is 5. The number of hydrogen-bond acceptors (Lipinski definition) is 5. The van der Waals surface area contributed by atoms with Crippen LogP contribution < -0.4 is 0 Å². The van der Waals surface area contributed by atoms with Crippen LogP contribution in [0.2, 0.25) is 0 Å². The molecule has 0 bridgehead atoms. The van der Waals surface area contributed by atoms with Crippen LogP contribution in [0.3, 0.4) is 0 Å². The predicted molar refractivity (Wildman–Crippen MR) is 88.1 cm³/mol. The fraction of sp³-hybridized carbons (Fsp3) is 0.312. The second-order valence-electron chi connectivity index (χ2n) is 5.07. The lowest BCUT2D eigenvalue weighted by atomic mass is 10.2. The first-order chi connectivity index (χ1) is 10.8. The van der Waals surface area contributed by atoms with E-state index in [0.717, 1.165) is 15.5 Å². The van der Waals surface area contributed by atoms with Crippen LogP contribution in [0.15, 0.2) is 34.1 Å². The lowest BCUT2D eigenvalue weighted by Gasteiger charge is -2.05. The van der Waals surface area contributed by atoms with E-state index in [1.165, 1.54) is 17.8 Å². The quantitative estimate of drug-likeness (QED) is 0.471. The Hall–Kier alpha value is -2.28. The van der Waals surface area contributed by atoms with Gasteiger partial charge in [-0.1, -0.05) is 11.8 Å². The molecule has 1 heterocycles. The molecule has 0 N–H and O–H groups in total. The summed E-state index contributed by atoms with van der Waals surface area (Å²) in [6, 6.07) is 6.78. The Bertz CT molecular complexity index is 768. The molecule has 0 fully saturated rings. The molecule has 6 nitrogen and oxygen atoms in total. The van der Waals surface area contributed by atoms with Crippen LogP contribution in [0, 0.1) is 24.0 Å². The van der Waals surface area contributed by atoms with Gasteiger partial charge in [-0.05, 0) is 39.0 Å². The molecular weight excluding hydrogens is 316 g/mol. The molecule has 0 atom stereocenters. The number of carbonyl (C=O) groups excluding carboxylic acids is 1. The second kappa shape index (κ2) is 6.87. The number of aromatic nitrogens is 1. The normalized spacial score (nSPS) is 10.6. The van der Waals surface area contributed by atoms with Crippen molar-refractivity contribution in [3.05, 3.63) is 51.3 Å². The summed E-state index contributed by atoms with van der Waals surface area (Å²) in [4.78, 5) is 24.2. The Kier molecular flexibility index (Phi) is 5.10. The van der Waals surface area contributed by atoms with Crippen LogP contribution in [0.25, 0.3) is 0 Å². The highest BCUT2D eigenvalue weighted by molar-refractivity contribution is 7.99. The minimum atomic E-state index is -0.392. The van der Waals surface area contributed by atoms with E-state index in [4.69, 9.17) is 4.74 Å². The molecule has 0 saturated heterocycles. The number of ether oxygens (including phenoxy) is 1. The highest BCUT2D eigenvalue weighted by Crippen LogP contribution is 2.34. The largest absolute Gasteiger partial charge is 0.461 e. The molecule has 2 rings (SSSR count). The predicted octanol–water partition coefficient (Wildman–Crippen LogP) is 3.88. The summed E-state index contributed by atoms with van der Waals surface area (Å²) in [6.07, 6.45) is 0. The first-order valence-electron chi connectivity index (χ1n) is 7.11. The van der Waals surface area contributed by atoms with E-state index >= 15 is 0 Å². The van der Waals surface area contributed by atoms with Gasteiger partial charge in [-0.2, -0.15) is 0 Å². The van der Waals surface area contributed by atoms with Crippen molar-refractivity contribution in [3.63, 3.8) is 0 Å². The maximum absolute atomic E-state index is 11.9. The fourth-order valence-electron chi connectivity index (χ4n) is 2.20. The van der Waals surface area contributed by atoms with Crippen molar-refractivity contribution in [2.24, 2.45) is 7.05 Å². The van der Waals surface area contributed by atoms with Crippen molar-refractivity contribution >= 4 is 23.4 Å². The zero-order valence-corrected chi connectivity index (χ0v) is 14.3.